The average Bonchev–Trinajstić information content (AvgIpc) is 2.52. The molecule has 0 spiro atoms. The molecule has 0 aliphatic heterocycles. The number of para-hydroxylation sites is 1. The van der Waals surface area contributed by atoms with E-state index in [2.05, 4.69) is 16.5 Å². The molecule has 0 unspecified atom stereocenters. The van der Waals surface area contributed by atoms with Gasteiger partial charge in [-0.15, -0.1) is 0 Å². The Morgan fingerprint density at radius 2 is 1.74 bits per heavy atom. The molecule has 0 heterocycles. The number of hydrogen-bond acceptors (Lipinski definition) is 4. The minimum absolute atomic E-state index is 0.162. The smallest absolute Gasteiger partial charge is 0.273 e. The molecule has 2 aromatic carbocycles. The maximum Gasteiger partial charge on any atom is 0.273 e. The van der Waals surface area contributed by atoms with E-state index in [1.807, 2.05) is 38.1 Å². The first kappa shape index (κ1) is 16.5. The Bertz CT molecular complexity index is 719. The van der Waals surface area contributed by atoms with Gasteiger partial charge in [-0.25, -0.2) is 0 Å². The summed E-state index contributed by atoms with van der Waals surface area (Å²) in [6.07, 6.45) is 0. The number of hydrogen-bond donors (Lipinski definition) is 1. The van der Waals surface area contributed by atoms with E-state index in [4.69, 9.17) is 9.57 Å². The summed E-state index contributed by atoms with van der Waals surface area (Å²) in [5.74, 6) is 0.906. The molecule has 0 aliphatic rings. The quantitative estimate of drug-likeness (QED) is 0.681. The molecule has 0 saturated carbocycles. The fraction of sp³-hybridized carbons (Fsp3) is 0.222. The second-order valence-corrected chi connectivity index (χ2v) is 5.12. The first-order valence-corrected chi connectivity index (χ1v) is 7.24. The van der Waals surface area contributed by atoms with Crippen molar-refractivity contribution < 1.29 is 14.4 Å². The van der Waals surface area contributed by atoms with Crippen LogP contribution in [0.4, 0.5) is 0 Å². The molecular weight excluding hydrogens is 292 g/mol. The highest BCUT2D eigenvalue weighted by atomic mass is 16.6. The summed E-state index contributed by atoms with van der Waals surface area (Å²) in [4.78, 5) is 16.8. The van der Waals surface area contributed by atoms with Crippen LogP contribution < -0.4 is 10.1 Å². The van der Waals surface area contributed by atoms with E-state index in [1.54, 1.807) is 19.2 Å². The zero-order chi connectivity index (χ0) is 16.8. The Morgan fingerprint density at radius 1 is 1.09 bits per heavy atom. The first-order chi connectivity index (χ1) is 11.0. The monoisotopic (exact) mass is 312 g/mol. The van der Waals surface area contributed by atoms with Gasteiger partial charge in [0.15, 0.2) is 5.71 Å². The fourth-order valence-corrected chi connectivity index (χ4v) is 2.29. The van der Waals surface area contributed by atoms with Gasteiger partial charge in [-0.3, -0.25) is 4.79 Å². The van der Waals surface area contributed by atoms with Gasteiger partial charge < -0.3 is 14.9 Å². The van der Waals surface area contributed by atoms with Crippen molar-refractivity contribution in [3.8, 4) is 11.5 Å². The Labute approximate surface area is 135 Å². The lowest BCUT2D eigenvalue weighted by Crippen LogP contribution is -2.28. The van der Waals surface area contributed by atoms with Crippen molar-refractivity contribution >= 4 is 11.6 Å². The maximum absolute atomic E-state index is 12.0. The van der Waals surface area contributed by atoms with Crippen molar-refractivity contribution in [3.05, 3.63) is 59.2 Å². The Hall–Kier alpha value is -2.82. The largest absolute Gasteiger partial charge is 0.457 e. The number of carbonyl (C=O) groups is 1. The van der Waals surface area contributed by atoms with E-state index in [1.165, 1.54) is 7.11 Å². The van der Waals surface area contributed by atoms with Gasteiger partial charge >= 0.3 is 0 Å². The van der Waals surface area contributed by atoms with Crippen molar-refractivity contribution in [2.24, 2.45) is 5.16 Å². The van der Waals surface area contributed by atoms with Crippen LogP contribution in [0.5, 0.6) is 11.5 Å². The van der Waals surface area contributed by atoms with Crippen LogP contribution in [-0.2, 0) is 9.63 Å². The highest BCUT2D eigenvalue weighted by Crippen LogP contribution is 2.27. The number of oxime groups is 1. The summed E-state index contributed by atoms with van der Waals surface area (Å²) in [5.41, 5.74) is 2.94. The third kappa shape index (κ3) is 4.10. The zero-order valence-corrected chi connectivity index (χ0v) is 13.7. The number of nitrogens with zero attached hydrogens (tertiary/aromatic N) is 1. The summed E-state index contributed by atoms with van der Waals surface area (Å²) < 4.78 is 5.98. The highest BCUT2D eigenvalue weighted by molar-refractivity contribution is 6.45. The molecule has 1 N–H and O–H groups in total. The molecule has 0 aliphatic carbocycles. The molecule has 0 aromatic heterocycles. The Balaban J connectivity index is 2.44. The molecule has 0 atom stereocenters. The predicted molar refractivity (Wildman–Crippen MR) is 90.0 cm³/mol. The zero-order valence-electron chi connectivity index (χ0n) is 13.7. The van der Waals surface area contributed by atoms with Gasteiger partial charge in [0, 0.05) is 7.05 Å². The van der Waals surface area contributed by atoms with Crippen LogP contribution in [0, 0.1) is 13.8 Å². The lowest BCUT2D eigenvalue weighted by Gasteiger charge is -2.13. The number of ether oxygens (including phenoxy) is 1. The number of aryl methyl sites for hydroxylation is 2. The number of rotatable bonds is 5. The van der Waals surface area contributed by atoms with Gasteiger partial charge in [-0.1, -0.05) is 23.4 Å². The molecule has 0 fully saturated rings. The summed E-state index contributed by atoms with van der Waals surface area (Å²) in [7, 11) is 2.94. The highest BCUT2D eigenvalue weighted by Gasteiger charge is 2.18. The second kappa shape index (κ2) is 7.45. The first-order valence-electron chi connectivity index (χ1n) is 7.24. The van der Waals surface area contributed by atoms with Crippen molar-refractivity contribution in [1.82, 2.24) is 5.32 Å². The fourth-order valence-electron chi connectivity index (χ4n) is 2.29. The SMILES string of the molecule is CNC(=O)/C(=N\OC)c1ccccc1Oc1cc(C)cc(C)c1. The Morgan fingerprint density at radius 3 is 2.35 bits per heavy atom. The lowest BCUT2D eigenvalue weighted by molar-refractivity contribution is -0.114. The normalized spacial score (nSPS) is 11.0. The number of benzene rings is 2. The molecule has 120 valence electrons. The van der Waals surface area contributed by atoms with Crippen molar-refractivity contribution in [2.75, 3.05) is 14.2 Å². The molecule has 5 heteroatoms. The van der Waals surface area contributed by atoms with Gasteiger partial charge in [-0.05, 0) is 49.2 Å². The summed E-state index contributed by atoms with van der Waals surface area (Å²) in [6, 6.07) is 13.2. The van der Waals surface area contributed by atoms with Crippen molar-refractivity contribution in [2.45, 2.75) is 13.8 Å². The third-order valence-electron chi connectivity index (χ3n) is 3.19. The van der Waals surface area contributed by atoms with E-state index in [-0.39, 0.29) is 11.6 Å². The molecule has 5 nitrogen and oxygen atoms in total. The van der Waals surface area contributed by atoms with Gasteiger partial charge in [0.2, 0.25) is 0 Å². The number of likely N-dealkylation sites (N-methyl/N-ethyl adjacent to an activating group) is 1. The number of nitrogens with one attached hydrogen (secondary N) is 1. The van der Waals surface area contributed by atoms with Crippen LogP contribution in [0.1, 0.15) is 16.7 Å². The van der Waals surface area contributed by atoms with Crippen LogP contribution >= 0.6 is 0 Å². The van der Waals surface area contributed by atoms with Crippen molar-refractivity contribution in [1.29, 1.82) is 0 Å². The van der Waals surface area contributed by atoms with Crippen LogP contribution in [0.15, 0.2) is 47.6 Å². The second-order valence-electron chi connectivity index (χ2n) is 5.12. The maximum atomic E-state index is 12.0. The number of carbonyl (C=O) groups excluding carboxylic acids is 1. The molecular formula is C18H20N2O3. The minimum Gasteiger partial charge on any atom is -0.457 e. The van der Waals surface area contributed by atoms with Crippen LogP contribution in [0.2, 0.25) is 0 Å². The molecule has 0 radical (unpaired) electrons. The van der Waals surface area contributed by atoms with Gasteiger partial charge in [-0.2, -0.15) is 0 Å². The molecule has 2 rings (SSSR count). The average molecular weight is 312 g/mol. The third-order valence-corrected chi connectivity index (χ3v) is 3.19. The van der Waals surface area contributed by atoms with Gasteiger partial charge in [0.05, 0.1) is 5.56 Å². The lowest BCUT2D eigenvalue weighted by atomic mass is 10.1. The van der Waals surface area contributed by atoms with E-state index < -0.39 is 0 Å². The van der Waals surface area contributed by atoms with Crippen LogP contribution in [-0.4, -0.2) is 25.8 Å². The summed E-state index contributed by atoms with van der Waals surface area (Å²) >= 11 is 0. The minimum atomic E-state index is -0.344. The topological polar surface area (TPSA) is 59.9 Å². The summed E-state index contributed by atoms with van der Waals surface area (Å²) in [5, 5.41) is 6.38. The van der Waals surface area contributed by atoms with Gasteiger partial charge in [0.1, 0.15) is 18.6 Å². The summed E-state index contributed by atoms with van der Waals surface area (Å²) in [6.45, 7) is 4.02. The number of amides is 1. The molecule has 0 bridgehead atoms. The molecule has 23 heavy (non-hydrogen) atoms. The molecule has 2 aromatic rings. The van der Waals surface area contributed by atoms with E-state index in [0.717, 1.165) is 11.1 Å². The van der Waals surface area contributed by atoms with Crippen molar-refractivity contribution in [3.63, 3.8) is 0 Å². The van der Waals surface area contributed by atoms with E-state index in [0.29, 0.717) is 17.1 Å². The standard InChI is InChI=1S/C18H20N2O3/c1-12-9-13(2)11-14(10-12)23-16-8-6-5-7-15(16)17(20-22-4)18(21)19-3/h5-11H,1-4H3,(H,19,21)/b20-17-. The van der Waals surface area contributed by atoms with E-state index in [9.17, 15) is 4.79 Å². The van der Waals surface area contributed by atoms with Gasteiger partial charge in [0.25, 0.3) is 5.91 Å². The van der Waals surface area contributed by atoms with E-state index >= 15 is 0 Å². The Kier molecular flexibility index (Phi) is 5.36. The molecule has 0 saturated heterocycles. The predicted octanol–water partition coefficient (Wildman–Crippen LogP) is 3.19. The molecule has 1 amide bonds. The van der Waals surface area contributed by atoms with Crippen LogP contribution in [0.3, 0.4) is 0 Å². The van der Waals surface area contributed by atoms with Crippen LogP contribution in [0.25, 0.3) is 0 Å².